The van der Waals surface area contributed by atoms with Gasteiger partial charge in [0, 0.05) is 49.9 Å². The molecular formula is C44H54ClN3O5. The number of piperidine rings is 2. The van der Waals surface area contributed by atoms with E-state index in [0.717, 1.165) is 96.4 Å². The number of benzene rings is 2. The van der Waals surface area contributed by atoms with E-state index in [9.17, 15) is 19.2 Å². The smallest absolute Gasteiger partial charge is 0.148 e. The number of carbonyl (C=O) groups excluding carboxylic acids is 4. The van der Waals surface area contributed by atoms with Crippen molar-refractivity contribution in [1.82, 2.24) is 10.2 Å². The number of carbonyl (C=O) groups is 4. The summed E-state index contributed by atoms with van der Waals surface area (Å²) in [5, 5.41) is 7.14. The number of nitrogens with zero attached hydrogens (tertiary/aromatic N) is 2. The number of aryl methyl sites for hydroxylation is 4. The van der Waals surface area contributed by atoms with E-state index < -0.39 is 11.8 Å². The Labute approximate surface area is 321 Å². The van der Waals surface area contributed by atoms with Gasteiger partial charge in [0.25, 0.3) is 0 Å². The Morgan fingerprint density at radius 3 is 1.38 bits per heavy atom. The van der Waals surface area contributed by atoms with Crippen molar-refractivity contribution in [3.63, 3.8) is 0 Å². The average molecular weight is 740 g/mol. The van der Waals surface area contributed by atoms with Gasteiger partial charge in [-0.2, -0.15) is 0 Å². The predicted octanol–water partition coefficient (Wildman–Crippen LogP) is 6.84. The highest BCUT2D eigenvalue weighted by Gasteiger charge is 2.48. The lowest BCUT2D eigenvalue weighted by Gasteiger charge is -2.44. The van der Waals surface area contributed by atoms with Crippen molar-refractivity contribution in [1.29, 1.82) is 0 Å². The molecule has 2 saturated heterocycles. The zero-order chi connectivity index (χ0) is 37.6. The van der Waals surface area contributed by atoms with Gasteiger partial charge in [-0.15, -0.1) is 24.2 Å². The second-order valence-corrected chi connectivity index (χ2v) is 15.4. The van der Waals surface area contributed by atoms with E-state index in [-0.39, 0.29) is 46.4 Å². The lowest BCUT2D eigenvalue weighted by molar-refractivity contribution is -0.139. The van der Waals surface area contributed by atoms with Crippen molar-refractivity contribution in [3.05, 3.63) is 68.8 Å². The Hall–Kier alpha value is -4.24. The molecule has 282 valence electrons. The minimum atomic E-state index is -0.623. The molecule has 2 aromatic carbocycles. The van der Waals surface area contributed by atoms with E-state index in [1.54, 1.807) is 13.3 Å². The normalized spacial score (nSPS) is 20.9. The molecule has 2 saturated carbocycles. The Bertz CT molecular complexity index is 1810. The highest BCUT2D eigenvalue weighted by Crippen LogP contribution is 2.47. The van der Waals surface area contributed by atoms with Gasteiger partial charge in [0.05, 0.1) is 0 Å². The first kappa shape index (κ1) is 41.5. The molecule has 0 atom stereocenters. The van der Waals surface area contributed by atoms with Gasteiger partial charge < -0.3 is 15.1 Å². The number of halogens is 1. The molecule has 4 fully saturated rings. The van der Waals surface area contributed by atoms with Gasteiger partial charge in [-0.05, 0) is 149 Å². The zero-order valence-electron chi connectivity index (χ0n) is 32.4. The maximum atomic E-state index is 13.1. The molecule has 1 N–H and O–H groups in total. The second kappa shape index (κ2) is 17.7. The fourth-order valence-corrected chi connectivity index (χ4v) is 9.20. The number of likely N-dealkylation sites (tertiary alicyclic amines) is 1. The molecule has 2 spiro atoms. The predicted molar refractivity (Wildman–Crippen MR) is 211 cm³/mol. The van der Waals surface area contributed by atoms with E-state index in [1.807, 2.05) is 58.9 Å². The minimum Gasteiger partial charge on any atom is -0.398 e. The molecule has 0 aromatic heterocycles. The van der Waals surface area contributed by atoms with Gasteiger partial charge in [0.15, 0.2) is 0 Å². The molecule has 2 heterocycles. The number of ketones is 4. The topological polar surface area (TPSA) is 105 Å². The summed E-state index contributed by atoms with van der Waals surface area (Å²) in [6, 6.07) is 7.96. The van der Waals surface area contributed by atoms with Crippen molar-refractivity contribution in [2.24, 2.45) is 16.0 Å². The van der Waals surface area contributed by atoms with Crippen LogP contribution >= 0.6 is 12.4 Å². The van der Waals surface area contributed by atoms with Crippen LogP contribution in [0.2, 0.25) is 0 Å². The molecule has 8 nitrogen and oxygen atoms in total. The lowest BCUT2D eigenvalue weighted by atomic mass is 9.62. The van der Waals surface area contributed by atoms with Gasteiger partial charge >= 0.3 is 0 Å². The Morgan fingerprint density at radius 1 is 0.679 bits per heavy atom. The summed E-state index contributed by atoms with van der Waals surface area (Å²) >= 11 is 0. The first-order valence-corrected chi connectivity index (χ1v) is 18.5. The number of oxime groups is 1. The third kappa shape index (κ3) is 9.29. The zero-order valence-corrected chi connectivity index (χ0v) is 33.2. The molecule has 2 aliphatic heterocycles. The standard InChI is InChI=1S/C23H28N2O3.C21H25NO2.ClH/c1-5-6-18-11-16(2)21(17(3)12-18)22-19(26)13-23(14-20(22)27)7-9-25(10-8-23)15-24-28-4;1-4-5-16-10-14(2)19(15(3)11-16)20-17(23)12-21(13-18(20)24)6-8-22-9-7-21;/h11-12,15,22H,7-10,13-14H2,1-4H3;10-11,20,22H,6-9,12-13H2,1-3H3;1H/b24-15+;;. The van der Waals surface area contributed by atoms with E-state index in [0.29, 0.717) is 25.7 Å². The molecule has 2 aliphatic carbocycles. The summed E-state index contributed by atoms with van der Waals surface area (Å²) in [5.74, 6) is 11.1. The molecular weight excluding hydrogens is 686 g/mol. The molecule has 0 radical (unpaired) electrons. The van der Waals surface area contributed by atoms with Gasteiger partial charge in [0.2, 0.25) is 0 Å². The van der Waals surface area contributed by atoms with Gasteiger partial charge in [-0.3, -0.25) is 19.2 Å². The van der Waals surface area contributed by atoms with E-state index in [2.05, 4.69) is 39.1 Å². The van der Waals surface area contributed by atoms with Crippen LogP contribution in [-0.4, -0.2) is 67.7 Å². The van der Waals surface area contributed by atoms with Crippen molar-refractivity contribution in [2.45, 2.75) is 105 Å². The van der Waals surface area contributed by atoms with Crippen molar-refractivity contribution in [3.8, 4) is 23.7 Å². The molecule has 9 heteroatoms. The van der Waals surface area contributed by atoms with Gasteiger partial charge in [0.1, 0.15) is 48.4 Å². The summed E-state index contributed by atoms with van der Waals surface area (Å²) < 4.78 is 0. The molecule has 0 bridgehead atoms. The quantitative estimate of drug-likeness (QED) is 0.120. The Kier molecular flexibility index (Phi) is 13.9. The number of hydrogen-bond donors (Lipinski definition) is 1. The minimum absolute atomic E-state index is 0. The number of rotatable bonds is 4. The maximum Gasteiger partial charge on any atom is 0.148 e. The van der Waals surface area contributed by atoms with Crippen LogP contribution in [0.5, 0.6) is 0 Å². The van der Waals surface area contributed by atoms with Crippen LogP contribution < -0.4 is 5.32 Å². The van der Waals surface area contributed by atoms with Gasteiger partial charge in [-0.25, -0.2) is 0 Å². The first-order chi connectivity index (χ1) is 24.8. The highest BCUT2D eigenvalue weighted by molar-refractivity contribution is 6.11. The summed E-state index contributed by atoms with van der Waals surface area (Å²) in [7, 11) is 1.52. The number of nitrogens with one attached hydrogen (secondary N) is 1. The molecule has 53 heavy (non-hydrogen) atoms. The SMILES string of the molecule is CC#Cc1cc(C)c(C2C(=O)CC3(CCN(/C=N/OC)CC3)CC2=O)c(C)c1.CC#Cc1cc(C)c(C2C(=O)CC3(CCNCC3)CC2=O)c(C)c1.Cl. The van der Waals surface area contributed by atoms with Crippen LogP contribution in [0, 0.1) is 62.2 Å². The molecule has 0 unspecified atom stereocenters. The highest BCUT2D eigenvalue weighted by atomic mass is 35.5. The summed E-state index contributed by atoms with van der Waals surface area (Å²) in [5.41, 5.74) is 7.34. The van der Waals surface area contributed by atoms with Crippen molar-refractivity contribution >= 4 is 41.9 Å². The number of Topliss-reactive ketones (excluding diaryl/α,β-unsaturated/α-hetero) is 4. The van der Waals surface area contributed by atoms with Crippen LogP contribution in [-0.2, 0) is 24.0 Å². The van der Waals surface area contributed by atoms with Crippen LogP contribution in [0.15, 0.2) is 29.4 Å². The lowest BCUT2D eigenvalue weighted by Crippen LogP contribution is -2.46. The monoisotopic (exact) mass is 739 g/mol. The third-order valence-electron chi connectivity index (χ3n) is 11.6. The third-order valence-corrected chi connectivity index (χ3v) is 11.6. The van der Waals surface area contributed by atoms with E-state index in [4.69, 9.17) is 4.84 Å². The summed E-state index contributed by atoms with van der Waals surface area (Å²) in [6.45, 7) is 14.9. The number of hydrogen-bond acceptors (Lipinski definition) is 7. The first-order valence-electron chi connectivity index (χ1n) is 18.5. The Morgan fingerprint density at radius 2 is 1.04 bits per heavy atom. The molecule has 2 aromatic rings. The van der Waals surface area contributed by atoms with Crippen LogP contribution in [0.3, 0.4) is 0 Å². The van der Waals surface area contributed by atoms with Crippen LogP contribution in [0.4, 0.5) is 0 Å². The second-order valence-electron chi connectivity index (χ2n) is 15.4. The maximum absolute atomic E-state index is 13.1. The molecule has 0 amide bonds. The van der Waals surface area contributed by atoms with E-state index >= 15 is 0 Å². The van der Waals surface area contributed by atoms with Gasteiger partial charge in [-0.1, -0.05) is 17.0 Å². The average Bonchev–Trinajstić information content (AvgIpc) is 3.07. The summed E-state index contributed by atoms with van der Waals surface area (Å²) in [6.07, 6.45) is 7.25. The fraction of sp³-hybridized carbons (Fsp3) is 0.523. The van der Waals surface area contributed by atoms with Crippen molar-refractivity contribution in [2.75, 3.05) is 33.3 Å². The largest absolute Gasteiger partial charge is 0.398 e. The molecule has 4 aliphatic rings. The summed E-state index contributed by atoms with van der Waals surface area (Å²) in [4.78, 5) is 58.9. The van der Waals surface area contributed by atoms with Crippen LogP contribution in [0.1, 0.15) is 122 Å². The van der Waals surface area contributed by atoms with Crippen LogP contribution in [0.25, 0.3) is 0 Å². The van der Waals surface area contributed by atoms with E-state index in [1.165, 1.54) is 7.11 Å². The van der Waals surface area contributed by atoms with Crippen molar-refractivity contribution < 1.29 is 24.0 Å². The Balaban J connectivity index is 0.000000235. The fourth-order valence-electron chi connectivity index (χ4n) is 9.20. The molecule has 6 rings (SSSR count).